The average Bonchev–Trinajstić information content (AvgIpc) is 3.24. The summed E-state index contributed by atoms with van der Waals surface area (Å²) >= 11 is 0. The molecule has 178 valence electrons. The number of para-hydroxylation sites is 1. The van der Waals surface area contributed by atoms with E-state index in [1.54, 1.807) is 7.05 Å². The van der Waals surface area contributed by atoms with Gasteiger partial charge in [-0.15, -0.1) is 24.0 Å². The summed E-state index contributed by atoms with van der Waals surface area (Å²) in [6.07, 6.45) is 6.49. The van der Waals surface area contributed by atoms with Crippen molar-refractivity contribution in [1.29, 1.82) is 0 Å². The summed E-state index contributed by atoms with van der Waals surface area (Å²) in [5, 5.41) is 7.07. The van der Waals surface area contributed by atoms with Crippen LogP contribution in [0.4, 0.5) is 0 Å². The fourth-order valence-electron chi connectivity index (χ4n) is 4.66. The van der Waals surface area contributed by atoms with Gasteiger partial charge in [0, 0.05) is 25.6 Å². The number of aliphatic imine (C=N–C) groups is 1. The third-order valence-corrected chi connectivity index (χ3v) is 6.26. The van der Waals surface area contributed by atoms with E-state index in [4.69, 9.17) is 15.2 Å². The van der Waals surface area contributed by atoms with Crippen LogP contribution in [0.2, 0.25) is 0 Å². The topological polar surface area (TPSA) is 98.0 Å². The standard InChI is InChI=1S/C25H32N4O3.HI/c1-27-24(28-15-12-18-8-10-19(11-9-18)31-17-23(26)30)29-21-16-25(13-4-5-14-25)32-22-7-3-2-6-20(21)22;/h2-3,6-11,21H,4-5,12-17H2,1H3,(H2,26,30)(H2,27,28,29);1H. The van der Waals surface area contributed by atoms with Crippen LogP contribution < -0.4 is 25.8 Å². The van der Waals surface area contributed by atoms with Gasteiger partial charge in [-0.05, 0) is 55.9 Å². The number of ether oxygens (including phenoxy) is 2. The highest BCUT2D eigenvalue weighted by molar-refractivity contribution is 14.0. The predicted molar refractivity (Wildman–Crippen MR) is 140 cm³/mol. The van der Waals surface area contributed by atoms with Gasteiger partial charge in [0.25, 0.3) is 5.91 Å². The van der Waals surface area contributed by atoms with E-state index in [1.807, 2.05) is 30.3 Å². The summed E-state index contributed by atoms with van der Waals surface area (Å²) in [6, 6.07) is 16.2. The molecule has 8 heteroatoms. The fraction of sp³-hybridized carbons (Fsp3) is 0.440. The highest BCUT2D eigenvalue weighted by Gasteiger charge is 2.43. The van der Waals surface area contributed by atoms with Gasteiger partial charge in [0.05, 0.1) is 6.04 Å². The smallest absolute Gasteiger partial charge is 0.255 e. The Kier molecular flexibility index (Phi) is 8.82. The zero-order valence-corrected chi connectivity index (χ0v) is 21.3. The van der Waals surface area contributed by atoms with Gasteiger partial charge < -0.3 is 25.8 Å². The number of halogens is 1. The van der Waals surface area contributed by atoms with Crippen LogP contribution in [-0.2, 0) is 11.2 Å². The van der Waals surface area contributed by atoms with Crippen molar-refractivity contribution in [1.82, 2.24) is 10.6 Å². The molecule has 2 aromatic rings. The van der Waals surface area contributed by atoms with E-state index in [-0.39, 0.29) is 42.2 Å². The van der Waals surface area contributed by atoms with Crippen LogP contribution in [0, 0.1) is 0 Å². The third-order valence-electron chi connectivity index (χ3n) is 6.26. The first kappa shape index (κ1) is 25.1. The molecule has 2 aliphatic rings. The van der Waals surface area contributed by atoms with Crippen molar-refractivity contribution in [2.45, 2.75) is 50.2 Å². The van der Waals surface area contributed by atoms with Crippen LogP contribution in [0.25, 0.3) is 0 Å². The first-order chi connectivity index (χ1) is 15.6. The maximum atomic E-state index is 10.8. The van der Waals surface area contributed by atoms with Crippen LogP contribution in [0.1, 0.15) is 49.3 Å². The number of nitrogens with two attached hydrogens (primary N) is 1. The van der Waals surface area contributed by atoms with Crippen molar-refractivity contribution in [3.05, 3.63) is 59.7 Å². The quantitative estimate of drug-likeness (QED) is 0.271. The van der Waals surface area contributed by atoms with E-state index < -0.39 is 5.91 Å². The fourth-order valence-corrected chi connectivity index (χ4v) is 4.66. The van der Waals surface area contributed by atoms with E-state index >= 15 is 0 Å². The molecular weight excluding hydrogens is 531 g/mol. The number of fused-ring (bicyclic) bond motifs is 1. The Labute approximate surface area is 212 Å². The lowest BCUT2D eigenvalue weighted by Gasteiger charge is -2.40. The highest BCUT2D eigenvalue weighted by atomic mass is 127. The van der Waals surface area contributed by atoms with E-state index in [2.05, 4.69) is 33.8 Å². The van der Waals surface area contributed by atoms with Crippen LogP contribution >= 0.6 is 24.0 Å². The van der Waals surface area contributed by atoms with Crippen molar-refractivity contribution in [3.8, 4) is 11.5 Å². The molecule has 1 aliphatic heterocycles. The summed E-state index contributed by atoms with van der Waals surface area (Å²) in [6.45, 7) is 0.636. The van der Waals surface area contributed by atoms with E-state index in [1.165, 1.54) is 24.0 Å². The second-order valence-corrected chi connectivity index (χ2v) is 8.58. The number of hydrogen-bond acceptors (Lipinski definition) is 4. The lowest BCUT2D eigenvalue weighted by atomic mass is 9.86. The summed E-state index contributed by atoms with van der Waals surface area (Å²) < 4.78 is 11.8. The number of amides is 1. The number of nitrogens with zero attached hydrogens (tertiary/aromatic N) is 1. The van der Waals surface area contributed by atoms with Gasteiger partial charge in [-0.2, -0.15) is 0 Å². The maximum absolute atomic E-state index is 10.8. The van der Waals surface area contributed by atoms with Gasteiger partial charge in [0.1, 0.15) is 17.1 Å². The summed E-state index contributed by atoms with van der Waals surface area (Å²) in [4.78, 5) is 15.3. The van der Waals surface area contributed by atoms with E-state index in [0.717, 1.165) is 43.9 Å². The molecule has 1 atom stereocenters. The number of hydrogen-bond donors (Lipinski definition) is 3. The number of rotatable bonds is 7. The molecule has 1 aliphatic carbocycles. The summed E-state index contributed by atoms with van der Waals surface area (Å²) in [7, 11) is 1.80. The van der Waals surface area contributed by atoms with Gasteiger partial charge in [0.15, 0.2) is 12.6 Å². The Morgan fingerprint density at radius 1 is 1.18 bits per heavy atom. The molecule has 4 rings (SSSR count). The average molecular weight is 564 g/mol. The lowest BCUT2D eigenvalue weighted by molar-refractivity contribution is -0.119. The molecule has 2 aromatic carbocycles. The second-order valence-electron chi connectivity index (χ2n) is 8.58. The molecule has 1 unspecified atom stereocenters. The normalized spacial score (nSPS) is 18.6. The van der Waals surface area contributed by atoms with Crippen molar-refractivity contribution < 1.29 is 14.3 Å². The van der Waals surface area contributed by atoms with E-state index in [0.29, 0.717) is 5.75 Å². The van der Waals surface area contributed by atoms with Crippen LogP contribution in [-0.4, -0.2) is 37.7 Å². The molecule has 0 bridgehead atoms. The molecule has 1 spiro atoms. The third kappa shape index (κ3) is 6.52. The second kappa shape index (κ2) is 11.6. The molecule has 0 radical (unpaired) electrons. The number of nitrogens with one attached hydrogen (secondary N) is 2. The van der Waals surface area contributed by atoms with Crippen LogP contribution in [0.15, 0.2) is 53.5 Å². The SMILES string of the molecule is CN=C(NCCc1ccc(OCC(N)=O)cc1)NC1CC2(CCCC2)Oc2ccccc21.I. The van der Waals surface area contributed by atoms with Crippen molar-refractivity contribution >= 4 is 35.8 Å². The molecule has 4 N–H and O–H groups in total. The summed E-state index contributed by atoms with van der Waals surface area (Å²) in [5.41, 5.74) is 7.42. The Bertz CT molecular complexity index is 958. The van der Waals surface area contributed by atoms with Crippen LogP contribution in [0.3, 0.4) is 0 Å². The molecule has 0 saturated heterocycles. The number of carbonyl (C=O) groups is 1. The first-order valence-corrected chi connectivity index (χ1v) is 11.3. The zero-order chi connectivity index (χ0) is 22.4. The number of guanidine groups is 1. The Balaban J connectivity index is 0.00000306. The van der Waals surface area contributed by atoms with Crippen molar-refractivity contribution in [2.24, 2.45) is 10.7 Å². The minimum absolute atomic E-state index is 0. The molecular formula is C25H33IN4O3. The molecule has 1 saturated carbocycles. The zero-order valence-electron chi connectivity index (χ0n) is 19.0. The first-order valence-electron chi connectivity index (χ1n) is 11.3. The van der Waals surface area contributed by atoms with Crippen molar-refractivity contribution in [3.63, 3.8) is 0 Å². The maximum Gasteiger partial charge on any atom is 0.255 e. The number of benzene rings is 2. The minimum atomic E-state index is -0.483. The monoisotopic (exact) mass is 564 g/mol. The number of primary amides is 1. The molecule has 1 heterocycles. The molecule has 0 aromatic heterocycles. The Morgan fingerprint density at radius 2 is 1.91 bits per heavy atom. The van der Waals surface area contributed by atoms with Gasteiger partial charge in [-0.3, -0.25) is 9.79 Å². The molecule has 33 heavy (non-hydrogen) atoms. The molecule has 1 amide bonds. The van der Waals surface area contributed by atoms with E-state index in [9.17, 15) is 4.79 Å². The van der Waals surface area contributed by atoms with Crippen molar-refractivity contribution in [2.75, 3.05) is 20.2 Å². The summed E-state index contributed by atoms with van der Waals surface area (Å²) in [5.74, 6) is 1.94. The van der Waals surface area contributed by atoms with Gasteiger partial charge in [0.2, 0.25) is 0 Å². The highest BCUT2D eigenvalue weighted by Crippen LogP contribution is 2.46. The molecule has 1 fully saturated rings. The predicted octanol–water partition coefficient (Wildman–Crippen LogP) is 3.71. The Morgan fingerprint density at radius 3 is 2.61 bits per heavy atom. The van der Waals surface area contributed by atoms with Gasteiger partial charge in [-0.25, -0.2) is 0 Å². The van der Waals surface area contributed by atoms with Gasteiger partial charge >= 0.3 is 0 Å². The Hall–Kier alpha value is -2.49. The van der Waals surface area contributed by atoms with Gasteiger partial charge in [-0.1, -0.05) is 30.3 Å². The lowest BCUT2D eigenvalue weighted by Crippen LogP contribution is -2.47. The van der Waals surface area contributed by atoms with Crippen LogP contribution in [0.5, 0.6) is 11.5 Å². The minimum Gasteiger partial charge on any atom is -0.487 e. The largest absolute Gasteiger partial charge is 0.487 e. The molecule has 7 nitrogen and oxygen atoms in total. The number of carbonyl (C=O) groups excluding carboxylic acids is 1.